The van der Waals surface area contributed by atoms with Gasteiger partial charge in [0.25, 0.3) is 5.91 Å². The van der Waals surface area contributed by atoms with Crippen molar-refractivity contribution in [2.75, 3.05) is 13.1 Å². The van der Waals surface area contributed by atoms with Crippen molar-refractivity contribution in [1.82, 2.24) is 20.1 Å². The Morgan fingerprint density at radius 2 is 2.00 bits per heavy atom. The quantitative estimate of drug-likeness (QED) is 0.140. The van der Waals surface area contributed by atoms with Crippen molar-refractivity contribution in [3.63, 3.8) is 0 Å². The lowest BCUT2D eigenvalue weighted by Gasteiger charge is -2.32. The van der Waals surface area contributed by atoms with Gasteiger partial charge in [0.15, 0.2) is 5.17 Å². The topological polar surface area (TPSA) is 127 Å². The van der Waals surface area contributed by atoms with E-state index in [9.17, 15) is 18.0 Å². The number of nitrogens with zero attached hydrogens (tertiary/aromatic N) is 5. The number of thioether (sulfide) groups is 1. The average Bonchev–Trinajstić information content (AvgIpc) is 3.48. The first-order chi connectivity index (χ1) is 18.7. The molecule has 5 N–H and O–H groups in total. The second kappa shape index (κ2) is 10.9. The number of amides is 1. The zero-order valence-electron chi connectivity index (χ0n) is 20.5. The molecule has 1 amide bonds. The third kappa shape index (κ3) is 5.75. The largest absolute Gasteiger partial charge is 0.416 e. The lowest BCUT2D eigenvalue weighted by atomic mass is 9.96. The number of benzene rings is 2. The predicted octanol–water partition coefficient (Wildman–Crippen LogP) is 4.17. The summed E-state index contributed by atoms with van der Waals surface area (Å²) in [4.78, 5) is 19.4. The van der Waals surface area contributed by atoms with Crippen LogP contribution < -0.4 is 17.1 Å². The van der Waals surface area contributed by atoms with Crippen LogP contribution in [0, 0.1) is 5.92 Å². The number of hydrogen-bond acceptors (Lipinski definition) is 7. The van der Waals surface area contributed by atoms with Gasteiger partial charge in [0.2, 0.25) is 0 Å². The lowest BCUT2D eigenvalue weighted by Crippen LogP contribution is -2.44. The summed E-state index contributed by atoms with van der Waals surface area (Å²) >= 11 is 7.11. The molecule has 2 aromatic carbocycles. The van der Waals surface area contributed by atoms with Crippen LogP contribution in [0.15, 0.2) is 57.6 Å². The third-order valence-corrected chi connectivity index (χ3v) is 7.99. The molecule has 1 saturated heterocycles. The molecule has 9 nitrogen and oxygen atoms in total. The molecule has 3 heterocycles. The number of aliphatic imine (C=N–C) groups is 1. The van der Waals surface area contributed by atoms with E-state index in [1.165, 1.54) is 28.6 Å². The SMILES string of the molecule is N/N=C(\NN)C1CCN(C2=NC(=O)/C(=C/c3ccc4c(cnn4Cc4ccc(Cl)cc4C(F)(F)F)c3)S2)CC1. The van der Waals surface area contributed by atoms with Crippen LogP contribution in [0.4, 0.5) is 13.2 Å². The number of carbonyl (C=O) groups is 1. The highest BCUT2D eigenvalue weighted by atomic mass is 35.5. The van der Waals surface area contributed by atoms with E-state index in [-0.39, 0.29) is 29.0 Å². The number of hydrogen-bond donors (Lipinski definition) is 3. The highest BCUT2D eigenvalue weighted by Gasteiger charge is 2.34. The Bertz CT molecular complexity index is 1510. The maximum absolute atomic E-state index is 13.5. The van der Waals surface area contributed by atoms with E-state index < -0.39 is 11.7 Å². The minimum atomic E-state index is -4.53. The van der Waals surface area contributed by atoms with E-state index in [2.05, 4.69) is 25.5 Å². The van der Waals surface area contributed by atoms with Crippen LogP contribution in [0.1, 0.15) is 29.5 Å². The van der Waals surface area contributed by atoms with Crippen LogP contribution >= 0.6 is 23.4 Å². The fraction of sp³-hybridized carbons (Fsp3) is 0.280. The van der Waals surface area contributed by atoms with Crippen LogP contribution in [0.5, 0.6) is 0 Å². The molecule has 0 bridgehead atoms. The molecule has 204 valence electrons. The van der Waals surface area contributed by atoms with Crippen molar-refractivity contribution in [2.45, 2.75) is 25.6 Å². The third-order valence-electron chi connectivity index (χ3n) is 6.71. The second-order valence-corrected chi connectivity index (χ2v) is 10.6. The number of likely N-dealkylation sites (tertiary alicyclic amines) is 1. The van der Waals surface area contributed by atoms with E-state index in [1.54, 1.807) is 24.4 Å². The van der Waals surface area contributed by atoms with E-state index in [4.69, 9.17) is 23.3 Å². The van der Waals surface area contributed by atoms with Gasteiger partial charge < -0.3 is 16.2 Å². The van der Waals surface area contributed by atoms with E-state index in [0.717, 1.165) is 29.9 Å². The Labute approximate surface area is 230 Å². The molecule has 2 aliphatic heterocycles. The van der Waals surface area contributed by atoms with Crippen LogP contribution in [0.2, 0.25) is 5.02 Å². The average molecular weight is 577 g/mol. The highest BCUT2D eigenvalue weighted by molar-refractivity contribution is 8.18. The van der Waals surface area contributed by atoms with Crippen LogP contribution in [0.25, 0.3) is 17.0 Å². The van der Waals surface area contributed by atoms with Gasteiger partial charge >= 0.3 is 6.18 Å². The number of amidine groups is 2. The lowest BCUT2D eigenvalue weighted by molar-refractivity contribution is -0.138. The maximum Gasteiger partial charge on any atom is 0.416 e. The first-order valence-corrected chi connectivity index (χ1v) is 13.2. The standard InChI is InChI=1S/C25H24ClF3N8OS/c26-18-3-2-16(19(11-18)25(27,28)29)13-37-20-4-1-14(9-17(20)12-32-37)10-21-23(38)33-24(39-21)36-7-5-15(6-8-36)22(34-30)35-31/h1-4,9-12,15H,5-8,13,30-31H2,(H,34,35)/b21-10-. The van der Waals surface area contributed by atoms with Crippen molar-refractivity contribution in [2.24, 2.45) is 27.7 Å². The Morgan fingerprint density at radius 3 is 2.69 bits per heavy atom. The number of piperidine rings is 1. The summed E-state index contributed by atoms with van der Waals surface area (Å²) in [5, 5.41) is 9.38. The van der Waals surface area contributed by atoms with Gasteiger partial charge in [-0.25, -0.2) is 5.84 Å². The van der Waals surface area contributed by atoms with Crippen molar-refractivity contribution < 1.29 is 18.0 Å². The fourth-order valence-corrected chi connectivity index (χ4v) is 5.86. The zero-order chi connectivity index (χ0) is 27.7. The van der Waals surface area contributed by atoms with Gasteiger partial charge in [0.05, 0.1) is 28.7 Å². The van der Waals surface area contributed by atoms with E-state index >= 15 is 0 Å². The maximum atomic E-state index is 13.5. The molecule has 5 rings (SSSR count). The molecule has 14 heteroatoms. The molecular formula is C25H24ClF3N8OS. The molecule has 0 spiro atoms. The van der Waals surface area contributed by atoms with Crippen LogP contribution in [-0.4, -0.2) is 44.7 Å². The number of carbonyl (C=O) groups excluding carboxylic acids is 1. The van der Waals surface area contributed by atoms with Gasteiger partial charge in [-0.3, -0.25) is 9.48 Å². The number of aromatic nitrogens is 2. The molecule has 39 heavy (non-hydrogen) atoms. The van der Waals surface area contributed by atoms with E-state index in [1.807, 2.05) is 6.07 Å². The predicted molar refractivity (Wildman–Crippen MR) is 147 cm³/mol. The van der Waals surface area contributed by atoms with Crippen molar-refractivity contribution in [1.29, 1.82) is 0 Å². The zero-order valence-corrected chi connectivity index (χ0v) is 22.0. The highest BCUT2D eigenvalue weighted by Crippen LogP contribution is 2.35. The molecule has 2 aliphatic rings. The summed E-state index contributed by atoms with van der Waals surface area (Å²) in [6.07, 6.45) is 0.355. The molecule has 0 unspecified atom stereocenters. The minimum Gasteiger partial charge on any atom is -0.351 e. The number of fused-ring (bicyclic) bond motifs is 1. The summed E-state index contributed by atoms with van der Waals surface area (Å²) in [5.41, 5.74) is 3.23. The molecule has 0 aliphatic carbocycles. The Balaban J connectivity index is 1.29. The first-order valence-electron chi connectivity index (χ1n) is 12.0. The number of hydrazone groups is 1. The second-order valence-electron chi connectivity index (χ2n) is 9.15. The van der Waals surface area contributed by atoms with Gasteiger partial charge in [0, 0.05) is 29.4 Å². The Morgan fingerprint density at radius 1 is 1.23 bits per heavy atom. The summed E-state index contributed by atoms with van der Waals surface area (Å²) in [6.45, 7) is 1.30. The van der Waals surface area contributed by atoms with Crippen LogP contribution in [0.3, 0.4) is 0 Å². The molecule has 1 fully saturated rings. The molecule has 0 saturated carbocycles. The fourth-order valence-electron chi connectivity index (χ4n) is 4.72. The van der Waals surface area contributed by atoms with Crippen molar-refractivity contribution in [3.8, 4) is 0 Å². The van der Waals surface area contributed by atoms with Gasteiger partial charge in [0.1, 0.15) is 5.84 Å². The number of rotatable bonds is 4. The molecular weight excluding hydrogens is 553 g/mol. The van der Waals surface area contributed by atoms with Gasteiger partial charge in [-0.15, -0.1) is 0 Å². The van der Waals surface area contributed by atoms with Crippen molar-refractivity contribution >= 4 is 57.3 Å². The number of alkyl halides is 3. The van der Waals surface area contributed by atoms with Gasteiger partial charge in [-0.2, -0.15) is 28.4 Å². The number of halogens is 4. The first kappa shape index (κ1) is 27.0. The van der Waals surface area contributed by atoms with Gasteiger partial charge in [-0.1, -0.05) is 23.7 Å². The molecule has 3 aromatic rings. The van der Waals surface area contributed by atoms with Crippen molar-refractivity contribution in [3.05, 3.63) is 69.2 Å². The summed E-state index contributed by atoms with van der Waals surface area (Å²) in [7, 11) is 0. The van der Waals surface area contributed by atoms with Gasteiger partial charge in [-0.05, 0) is 66.1 Å². The summed E-state index contributed by atoms with van der Waals surface area (Å²) in [6, 6.07) is 9.12. The van der Waals surface area contributed by atoms with Crippen LogP contribution in [-0.2, 0) is 17.5 Å². The summed E-state index contributed by atoms with van der Waals surface area (Å²) < 4.78 is 42.1. The Hall–Kier alpha value is -3.55. The Kier molecular flexibility index (Phi) is 7.56. The smallest absolute Gasteiger partial charge is 0.351 e. The normalized spacial score (nSPS) is 18.3. The monoisotopic (exact) mass is 576 g/mol. The number of nitrogens with two attached hydrogens (primary N) is 2. The number of nitrogens with one attached hydrogen (secondary N) is 1. The van der Waals surface area contributed by atoms with E-state index in [0.29, 0.717) is 34.5 Å². The molecule has 0 atom stereocenters. The minimum absolute atomic E-state index is 0.0177. The number of hydrazine groups is 1. The molecule has 1 aromatic heterocycles. The summed E-state index contributed by atoms with van der Waals surface area (Å²) in [5.74, 6) is 11.2. The molecule has 0 radical (unpaired) electrons.